The third kappa shape index (κ3) is 5.82. The Hall–Kier alpha value is -2.13. The summed E-state index contributed by atoms with van der Waals surface area (Å²) in [6.45, 7) is -0.140. The second kappa shape index (κ2) is 8.11. The molecule has 1 N–H and O–H groups in total. The number of hydrogen-bond acceptors (Lipinski definition) is 4. The summed E-state index contributed by atoms with van der Waals surface area (Å²) < 4.78 is 45.2. The van der Waals surface area contributed by atoms with Crippen LogP contribution in [0.5, 0.6) is 0 Å². The number of benzene rings is 1. The van der Waals surface area contributed by atoms with Gasteiger partial charge in [-0.2, -0.15) is 13.2 Å². The molecule has 24 heavy (non-hydrogen) atoms. The zero-order chi connectivity index (χ0) is 17.6. The zero-order valence-corrected chi connectivity index (χ0v) is 12.8. The fraction of sp³-hybridized carbons (Fsp3) is 0.467. The molecule has 0 aromatic heterocycles. The zero-order valence-electron chi connectivity index (χ0n) is 12.8. The van der Waals surface area contributed by atoms with Crippen LogP contribution in [0.4, 0.5) is 18.9 Å². The second-order valence-electron chi connectivity index (χ2n) is 5.14. The molecular formula is C15H17F3N2O4. The van der Waals surface area contributed by atoms with E-state index in [1.54, 1.807) is 17.0 Å². The molecule has 9 heteroatoms. The fourth-order valence-corrected chi connectivity index (χ4v) is 2.10. The molecule has 0 spiro atoms. The molecule has 2 amide bonds. The number of rotatable bonds is 5. The molecular weight excluding hydrogens is 329 g/mol. The van der Waals surface area contributed by atoms with Crippen molar-refractivity contribution in [3.8, 4) is 0 Å². The van der Waals surface area contributed by atoms with Crippen LogP contribution in [-0.2, 0) is 14.3 Å². The topological polar surface area (TPSA) is 67.9 Å². The first-order chi connectivity index (χ1) is 11.3. The van der Waals surface area contributed by atoms with Crippen LogP contribution < -0.4 is 5.32 Å². The summed E-state index contributed by atoms with van der Waals surface area (Å²) in [5, 5.41) is 2.40. The third-order valence-electron chi connectivity index (χ3n) is 3.21. The Balaban J connectivity index is 1.83. The van der Waals surface area contributed by atoms with Crippen molar-refractivity contribution in [1.82, 2.24) is 4.90 Å². The molecule has 0 bridgehead atoms. The Morgan fingerprint density at radius 2 is 1.79 bits per heavy atom. The highest BCUT2D eigenvalue weighted by molar-refractivity contribution is 5.96. The number of carbonyl (C=O) groups is 2. The molecule has 1 saturated heterocycles. The van der Waals surface area contributed by atoms with E-state index < -0.39 is 25.3 Å². The van der Waals surface area contributed by atoms with Gasteiger partial charge in [0.1, 0.15) is 13.2 Å². The molecule has 0 saturated carbocycles. The lowest BCUT2D eigenvalue weighted by atomic mass is 10.1. The highest BCUT2D eigenvalue weighted by atomic mass is 19.4. The number of alkyl halides is 3. The molecule has 6 nitrogen and oxygen atoms in total. The van der Waals surface area contributed by atoms with Crippen molar-refractivity contribution >= 4 is 17.5 Å². The lowest BCUT2D eigenvalue weighted by molar-refractivity contribution is -0.174. The van der Waals surface area contributed by atoms with Crippen molar-refractivity contribution in [1.29, 1.82) is 0 Å². The quantitative estimate of drug-likeness (QED) is 0.881. The standard InChI is InChI=1S/C15H17F3N2O4/c16-15(17,18)10-24-9-13(21)19-12-3-1-11(2-4-12)14(22)20-5-7-23-8-6-20/h1-4H,5-10H2,(H,19,21). The molecule has 0 aliphatic carbocycles. The van der Waals surface area contributed by atoms with E-state index in [-0.39, 0.29) is 5.91 Å². The van der Waals surface area contributed by atoms with Crippen molar-refractivity contribution in [2.45, 2.75) is 6.18 Å². The Kier molecular flexibility index (Phi) is 6.16. The molecule has 1 fully saturated rings. The Morgan fingerprint density at radius 3 is 2.38 bits per heavy atom. The SMILES string of the molecule is O=C(COCC(F)(F)F)Nc1ccc(C(=O)N2CCOCC2)cc1. The Morgan fingerprint density at radius 1 is 1.17 bits per heavy atom. The summed E-state index contributed by atoms with van der Waals surface area (Å²) in [6.07, 6.45) is -4.47. The highest BCUT2D eigenvalue weighted by Gasteiger charge is 2.27. The maximum absolute atomic E-state index is 12.2. The van der Waals surface area contributed by atoms with Crippen molar-refractivity contribution in [3.63, 3.8) is 0 Å². The minimum Gasteiger partial charge on any atom is -0.378 e. The average Bonchev–Trinajstić information content (AvgIpc) is 2.54. The summed E-state index contributed by atoms with van der Waals surface area (Å²) in [5.41, 5.74) is 0.831. The molecule has 0 atom stereocenters. The number of halogens is 3. The molecule has 1 aromatic rings. The summed E-state index contributed by atoms with van der Waals surface area (Å²) in [5.74, 6) is -0.837. The summed E-state index contributed by atoms with van der Waals surface area (Å²) in [7, 11) is 0. The van der Waals surface area contributed by atoms with Gasteiger partial charge in [-0.25, -0.2) is 0 Å². The highest BCUT2D eigenvalue weighted by Crippen LogP contribution is 2.15. The molecule has 0 unspecified atom stereocenters. The van der Waals surface area contributed by atoms with Crippen LogP contribution in [0.1, 0.15) is 10.4 Å². The van der Waals surface area contributed by atoms with Crippen LogP contribution in [-0.4, -0.2) is 62.4 Å². The van der Waals surface area contributed by atoms with Crippen molar-refractivity contribution in [2.75, 3.05) is 44.8 Å². The minimum atomic E-state index is -4.47. The lowest BCUT2D eigenvalue weighted by Crippen LogP contribution is -2.40. The Bertz CT molecular complexity index is 569. The molecule has 0 radical (unpaired) electrons. The van der Waals surface area contributed by atoms with E-state index >= 15 is 0 Å². The number of nitrogens with one attached hydrogen (secondary N) is 1. The minimum absolute atomic E-state index is 0.135. The van der Waals surface area contributed by atoms with Gasteiger partial charge in [-0.1, -0.05) is 0 Å². The first-order valence-electron chi connectivity index (χ1n) is 7.26. The first-order valence-corrected chi connectivity index (χ1v) is 7.26. The molecule has 1 heterocycles. The largest absolute Gasteiger partial charge is 0.411 e. The van der Waals surface area contributed by atoms with Gasteiger partial charge in [0.05, 0.1) is 13.2 Å². The summed E-state index contributed by atoms with van der Waals surface area (Å²) in [6, 6.07) is 6.11. The van der Waals surface area contributed by atoms with Crippen LogP contribution in [0, 0.1) is 0 Å². The van der Waals surface area contributed by atoms with Crippen LogP contribution in [0.15, 0.2) is 24.3 Å². The summed E-state index contributed by atoms with van der Waals surface area (Å²) >= 11 is 0. The van der Waals surface area contributed by atoms with Crippen molar-refractivity contribution in [2.24, 2.45) is 0 Å². The second-order valence-corrected chi connectivity index (χ2v) is 5.14. The lowest BCUT2D eigenvalue weighted by Gasteiger charge is -2.26. The molecule has 1 aromatic carbocycles. The smallest absolute Gasteiger partial charge is 0.378 e. The maximum atomic E-state index is 12.2. The number of carbonyl (C=O) groups excluding carboxylic acids is 2. The number of ether oxygens (including phenoxy) is 2. The third-order valence-corrected chi connectivity index (χ3v) is 3.21. The van der Waals surface area contributed by atoms with Crippen molar-refractivity contribution < 1.29 is 32.2 Å². The van der Waals surface area contributed by atoms with E-state index in [1.165, 1.54) is 12.1 Å². The van der Waals surface area contributed by atoms with E-state index in [4.69, 9.17) is 4.74 Å². The average molecular weight is 346 g/mol. The van der Waals surface area contributed by atoms with Gasteiger partial charge in [-0.05, 0) is 24.3 Å². The monoisotopic (exact) mass is 346 g/mol. The van der Waals surface area contributed by atoms with E-state index in [2.05, 4.69) is 10.1 Å². The van der Waals surface area contributed by atoms with Gasteiger partial charge in [0.25, 0.3) is 5.91 Å². The van der Waals surface area contributed by atoms with Crippen LogP contribution in [0.3, 0.4) is 0 Å². The number of morpholine rings is 1. The van der Waals surface area contributed by atoms with Gasteiger partial charge < -0.3 is 19.7 Å². The van der Waals surface area contributed by atoms with Crippen LogP contribution >= 0.6 is 0 Å². The number of hydrogen-bond donors (Lipinski definition) is 1. The Labute approximate surface area is 136 Å². The van der Waals surface area contributed by atoms with E-state index in [0.29, 0.717) is 37.6 Å². The van der Waals surface area contributed by atoms with Gasteiger partial charge in [0.2, 0.25) is 5.91 Å². The normalized spacial score (nSPS) is 15.2. The van der Waals surface area contributed by atoms with Crippen molar-refractivity contribution in [3.05, 3.63) is 29.8 Å². The van der Waals surface area contributed by atoms with Gasteiger partial charge in [-0.15, -0.1) is 0 Å². The molecule has 1 aliphatic heterocycles. The molecule has 1 aliphatic rings. The predicted molar refractivity (Wildman–Crippen MR) is 78.7 cm³/mol. The molecule has 132 valence electrons. The number of nitrogens with zero attached hydrogens (tertiary/aromatic N) is 1. The number of amides is 2. The first kappa shape index (κ1) is 18.2. The predicted octanol–water partition coefficient (Wildman–Crippen LogP) is 1.68. The summed E-state index contributed by atoms with van der Waals surface area (Å²) in [4.78, 5) is 25.4. The van der Waals surface area contributed by atoms with Gasteiger partial charge in [0, 0.05) is 24.3 Å². The maximum Gasteiger partial charge on any atom is 0.411 e. The van der Waals surface area contributed by atoms with Crippen LogP contribution in [0.25, 0.3) is 0 Å². The van der Waals surface area contributed by atoms with E-state index in [9.17, 15) is 22.8 Å². The van der Waals surface area contributed by atoms with E-state index in [0.717, 1.165) is 0 Å². The van der Waals surface area contributed by atoms with Gasteiger partial charge in [0.15, 0.2) is 0 Å². The fourth-order valence-electron chi connectivity index (χ4n) is 2.10. The number of anilines is 1. The van der Waals surface area contributed by atoms with E-state index in [1.807, 2.05) is 0 Å². The van der Waals surface area contributed by atoms with Crippen LogP contribution in [0.2, 0.25) is 0 Å². The van der Waals surface area contributed by atoms with Gasteiger partial charge in [-0.3, -0.25) is 9.59 Å². The van der Waals surface area contributed by atoms with Gasteiger partial charge >= 0.3 is 6.18 Å². The molecule has 2 rings (SSSR count).